The lowest BCUT2D eigenvalue weighted by atomic mass is 10.2. The van der Waals surface area contributed by atoms with E-state index in [0.29, 0.717) is 0 Å². The number of halogens is 1. The van der Waals surface area contributed by atoms with Crippen molar-refractivity contribution in [3.8, 4) is 0 Å². The predicted molar refractivity (Wildman–Crippen MR) is 46.2 cm³/mol. The largest absolute Gasteiger partial charge is 0.257 e. The van der Waals surface area contributed by atoms with E-state index < -0.39 is 0 Å². The van der Waals surface area contributed by atoms with Crippen molar-refractivity contribution < 1.29 is 4.39 Å². The van der Waals surface area contributed by atoms with Crippen molar-refractivity contribution in [3.63, 3.8) is 0 Å². The third-order valence-electron chi connectivity index (χ3n) is 1.48. The molecule has 1 unspecified atom stereocenters. The van der Waals surface area contributed by atoms with Crippen molar-refractivity contribution in [3.05, 3.63) is 29.8 Å². The van der Waals surface area contributed by atoms with E-state index in [1.165, 1.54) is 12.3 Å². The molecular weight excluding hydrogens is 161 g/mol. The molecule has 1 aromatic rings. The zero-order chi connectivity index (χ0) is 8.27. The highest BCUT2D eigenvalue weighted by atomic mass is 32.1. The molecule has 0 saturated heterocycles. The summed E-state index contributed by atoms with van der Waals surface area (Å²) in [6.07, 6.45) is 2.12. The van der Waals surface area contributed by atoms with E-state index in [1.54, 1.807) is 6.07 Å². The maximum Gasteiger partial charge on any atom is 0.141 e. The van der Waals surface area contributed by atoms with Crippen LogP contribution in [-0.4, -0.2) is 4.98 Å². The van der Waals surface area contributed by atoms with Gasteiger partial charge in [0, 0.05) is 5.25 Å². The second-order valence-electron chi connectivity index (χ2n) is 2.33. The van der Waals surface area contributed by atoms with Gasteiger partial charge in [-0.2, -0.15) is 12.6 Å². The van der Waals surface area contributed by atoms with E-state index >= 15 is 0 Å². The molecule has 11 heavy (non-hydrogen) atoms. The van der Waals surface area contributed by atoms with Crippen molar-refractivity contribution in [2.75, 3.05) is 0 Å². The van der Waals surface area contributed by atoms with Crippen LogP contribution in [0.5, 0.6) is 0 Å². The fourth-order valence-electron chi connectivity index (χ4n) is 0.794. The molecule has 0 N–H and O–H groups in total. The van der Waals surface area contributed by atoms with Crippen LogP contribution in [0.15, 0.2) is 18.3 Å². The minimum Gasteiger partial charge on any atom is -0.257 e. The first kappa shape index (κ1) is 8.53. The Labute approximate surface area is 71.1 Å². The highest BCUT2D eigenvalue weighted by molar-refractivity contribution is 7.80. The standard InChI is InChI=1S/C8H10FNS/c1-2-8(11)7-4-3-6(9)5-10-7/h3-5,8,11H,2H2,1H3. The molecule has 0 radical (unpaired) electrons. The molecule has 0 aliphatic rings. The van der Waals surface area contributed by atoms with Gasteiger partial charge in [-0.3, -0.25) is 4.98 Å². The fourth-order valence-corrected chi connectivity index (χ4v) is 0.946. The number of rotatable bonds is 2. The Morgan fingerprint density at radius 1 is 1.64 bits per heavy atom. The summed E-state index contributed by atoms with van der Waals surface area (Å²) < 4.78 is 12.4. The van der Waals surface area contributed by atoms with Gasteiger partial charge in [0.15, 0.2) is 0 Å². The van der Waals surface area contributed by atoms with Crippen LogP contribution < -0.4 is 0 Å². The van der Waals surface area contributed by atoms with Gasteiger partial charge in [-0.1, -0.05) is 6.92 Å². The first-order valence-electron chi connectivity index (χ1n) is 3.53. The van der Waals surface area contributed by atoms with Gasteiger partial charge in [0.05, 0.1) is 11.9 Å². The molecule has 60 valence electrons. The molecule has 0 saturated carbocycles. The first-order valence-corrected chi connectivity index (χ1v) is 4.05. The molecule has 0 fully saturated rings. The number of hydrogen-bond acceptors (Lipinski definition) is 2. The maximum absolute atomic E-state index is 12.4. The average Bonchev–Trinajstić information content (AvgIpc) is 2.05. The summed E-state index contributed by atoms with van der Waals surface area (Å²) in [7, 11) is 0. The van der Waals surface area contributed by atoms with Crippen molar-refractivity contribution in [1.82, 2.24) is 4.98 Å². The van der Waals surface area contributed by atoms with E-state index in [0.717, 1.165) is 12.1 Å². The van der Waals surface area contributed by atoms with Gasteiger partial charge < -0.3 is 0 Å². The zero-order valence-corrected chi connectivity index (χ0v) is 7.18. The fraction of sp³-hybridized carbons (Fsp3) is 0.375. The number of aromatic nitrogens is 1. The lowest BCUT2D eigenvalue weighted by Crippen LogP contribution is -1.92. The van der Waals surface area contributed by atoms with Crippen LogP contribution in [0, 0.1) is 5.82 Å². The summed E-state index contributed by atoms with van der Waals surface area (Å²) >= 11 is 4.27. The summed E-state index contributed by atoms with van der Waals surface area (Å²) in [5.41, 5.74) is 0.831. The number of hydrogen-bond donors (Lipinski definition) is 1. The molecule has 1 rings (SSSR count). The molecule has 0 aliphatic carbocycles. The normalized spacial score (nSPS) is 13.0. The number of thiol groups is 1. The average molecular weight is 171 g/mol. The maximum atomic E-state index is 12.4. The molecule has 0 amide bonds. The van der Waals surface area contributed by atoms with Crippen LogP contribution in [-0.2, 0) is 0 Å². The van der Waals surface area contributed by atoms with Gasteiger partial charge in [0.25, 0.3) is 0 Å². The third kappa shape index (κ3) is 2.19. The Bertz CT molecular complexity index is 222. The van der Waals surface area contributed by atoms with E-state index in [2.05, 4.69) is 17.6 Å². The molecule has 0 aliphatic heterocycles. The summed E-state index contributed by atoms with van der Waals surface area (Å²) in [5, 5.41) is 0.121. The quantitative estimate of drug-likeness (QED) is 0.675. The molecule has 1 aromatic heterocycles. The van der Waals surface area contributed by atoms with Crippen LogP contribution in [0.3, 0.4) is 0 Å². The molecule has 0 aromatic carbocycles. The van der Waals surface area contributed by atoms with E-state index in [9.17, 15) is 4.39 Å². The van der Waals surface area contributed by atoms with Crippen LogP contribution in [0.4, 0.5) is 4.39 Å². The van der Waals surface area contributed by atoms with Gasteiger partial charge in [-0.05, 0) is 18.6 Å². The van der Waals surface area contributed by atoms with Crippen molar-refractivity contribution >= 4 is 12.6 Å². The lowest BCUT2D eigenvalue weighted by Gasteiger charge is -2.05. The predicted octanol–water partition coefficient (Wildman–Crippen LogP) is 2.60. The summed E-state index contributed by atoms with van der Waals surface area (Å²) in [4.78, 5) is 3.90. The Hall–Kier alpha value is -0.570. The van der Waals surface area contributed by atoms with Gasteiger partial charge in [-0.15, -0.1) is 0 Å². The molecule has 1 nitrogen and oxygen atoms in total. The smallest absolute Gasteiger partial charge is 0.141 e. The van der Waals surface area contributed by atoms with E-state index in [4.69, 9.17) is 0 Å². The SMILES string of the molecule is CCC(S)c1ccc(F)cn1. The Kier molecular flexibility index (Phi) is 2.88. The topological polar surface area (TPSA) is 12.9 Å². The Morgan fingerprint density at radius 3 is 2.82 bits per heavy atom. The Balaban J connectivity index is 2.81. The van der Waals surface area contributed by atoms with E-state index in [-0.39, 0.29) is 11.1 Å². The molecule has 0 bridgehead atoms. The second-order valence-corrected chi connectivity index (χ2v) is 2.95. The number of pyridine rings is 1. The second kappa shape index (κ2) is 3.72. The van der Waals surface area contributed by atoms with Crippen molar-refractivity contribution in [2.45, 2.75) is 18.6 Å². The summed E-state index contributed by atoms with van der Waals surface area (Å²) in [6.45, 7) is 2.02. The van der Waals surface area contributed by atoms with Gasteiger partial charge in [0.1, 0.15) is 5.82 Å². The summed E-state index contributed by atoms with van der Waals surface area (Å²) in [5.74, 6) is -0.301. The molecule has 0 spiro atoms. The zero-order valence-electron chi connectivity index (χ0n) is 6.29. The Morgan fingerprint density at radius 2 is 2.36 bits per heavy atom. The molecule has 3 heteroatoms. The molecular formula is C8H10FNS. The first-order chi connectivity index (χ1) is 5.24. The van der Waals surface area contributed by atoms with Crippen LogP contribution in [0.1, 0.15) is 24.3 Å². The lowest BCUT2D eigenvalue weighted by molar-refractivity contribution is 0.618. The number of nitrogens with zero attached hydrogens (tertiary/aromatic N) is 1. The summed E-state index contributed by atoms with van der Waals surface area (Å²) in [6, 6.07) is 3.07. The van der Waals surface area contributed by atoms with Crippen molar-refractivity contribution in [2.24, 2.45) is 0 Å². The van der Waals surface area contributed by atoms with Crippen molar-refractivity contribution in [1.29, 1.82) is 0 Å². The molecule has 1 heterocycles. The van der Waals surface area contributed by atoms with Crippen LogP contribution in [0.2, 0.25) is 0 Å². The highest BCUT2D eigenvalue weighted by Crippen LogP contribution is 2.20. The third-order valence-corrected chi connectivity index (χ3v) is 2.11. The highest BCUT2D eigenvalue weighted by Gasteiger charge is 2.03. The minimum absolute atomic E-state index is 0.121. The molecule has 1 atom stereocenters. The van der Waals surface area contributed by atoms with Crippen LogP contribution >= 0.6 is 12.6 Å². The van der Waals surface area contributed by atoms with E-state index in [1.807, 2.05) is 6.92 Å². The van der Waals surface area contributed by atoms with Gasteiger partial charge in [-0.25, -0.2) is 4.39 Å². The van der Waals surface area contributed by atoms with Crippen LogP contribution in [0.25, 0.3) is 0 Å². The monoisotopic (exact) mass is 171 g/mol. The van der Waals surface area contributed by atoms with Gasteiger partial charge in [0.2, 0.25) is 0 Å². The van der Waals surface area contributed by atoms with Gasteiger partial charge >= 0.3 is 0 Å². The minimum atomic E-state index is -0.301.